The van der Waals surface area contributed by atoms with Crippen LogP contribution >= 0.6 is 11.8 Å². The fourth-order valence-corrected chi connectivity index (χ4v) is 3.99. The first kappa shape index (κ1) is 16.3. The lowest BCUT2D eigenvalue weighted by Crippen LogP contribution is -2.51. The molecule has 0 spiro atoms. The third-order valence-corrected chi connectivity index (χ3v) is 5.37. The molecule has 2 amide bonds. The van der Waals surface area contributed by atoms with Crippen molar-refractivity contribution in [3.05, 3.63) is 35.4 Å². The number of likely N-dealkylation sites (tertiary alicyclic amines) is 1. The van der Waals surface area contributed by atoms with Crippen LogP contribution in [0.25, 0.3) is 0 Å². The van der Waals surface area contributed by atoms with Crippen molar-refractivity contribution in [3.8, 4) is 0 Å². The van der Waals surface area contributed by atoms with E-state index in [4.69, 9.17) is 0 Å². The predicted octanol–water partition coefficient (Wildman–Crippen LogP) is 1.38. The van der Waals surface area contributed by atoms with Gasteiger partial charge in [0, 0.05) is 36.3 Å². The van der Waals surface area contributed by atoms with E-state index in [2.05, 4.69) is 10.6 Å². The van der Waals surface area contributed by atoms with Crippen LogP contribution in [0.2, 0.25) is 0 Å². The van der Waals surface area contributed by atoms with Crippen LogP contribution in [0.4, 0.5) is 0 Å². The zero-order chi connectivity index (χ0) is 16.2. The molecule has 1 aromatic carbocycles. The molecule has 1 unspecified atom stereocenters. The van der Waals surface area contributed by atoms with E-state index in [1.165, 1.54) is 0 Å². The van der Waals surface area contributed by atoms with Gasteiger partial charge in [-0.1, -0.05) is 17.7 Å². The van der Waals surface area contributed by atoms with Crippen molar-refractivity contribution in [1.82, 2.24) is 15.5 Å². The quantitative estimate of drug-likeness (QED) is 0.877. The number of benzene rings is 1. The van der Waals surface area contributed by atoms with E-state index in [-0.39, 0.29) is 23.9 Å². The van der Waals surface area contributed by atoms with Crippen LogP contribution in [0.15, 0.2) is 24.3 Å². The van der Waals surface area contributed by atoms with Crippen molar-refractivity contribution in [2.75, 3.05) is 24.7 Å². The summed E-state index contributed by atoms with van der Waals surface area (Å²) in [5.41, 5.74) is 1.85. The number of thioether (sulfide) groups is 1. The van der Waals surface area contributed by atoms with Crippen LogP contribution in [0.5, 0.6) is 0 Å². The molecule has 0 aliphatic carbocycles. The monoisotopic (exact) mass is 333 g/mol. The van der Waals surface area contributed by atoms with Crippen LogP contribution in [-0.4, -0.2) is 53.5 Å². The number of nitrogens with one attached hydrogen (secondary N) is 2. The lowest BCUT2D eigenvalue weighted by atomic mass is 10.0. The number of hydrogen-bond donors (Lipinski definition) is 2. The third-order valence-electron chi connectivity index (χ3n) is 4.43. The summed E-state index contributed by atoms with van der Waals surface area (Å²) in [5.74, 6) is 1.88. The molecule has 23 heavy (non-hydrogen) atoms. The lowest BCUT2D eigenvalue weighted by molar-refractivity contribution is -0.123. The second-order valence-electron chi connectivity index (χ2n) is 6.22. The Morgan fingerprint density at radius 2 is 2.09 bits per heavy atom. The molecular weight excluding hydrogens is 310 g/mol. The Kier molecular flexibility index (Phi) is 5.23. The molecule has 2 heterocycles. The summed E-state index contributed by atoms with van der Waals surface area (Å²) in [5, 5.41) is 6.30. The molecule has 2 saturated heterocycles. The van der Waals surface area contributed by atoms with E-state index in [9.17, 15) is 9.59 Å². The molecular formula is C17H23N3O2S. The Morgan fingerprint density at radius 1 is 1.30 bits per heavy atom. The Bertz CT molecular complexity index is 579. The number of nitrogens with zero attached hydrogens (tertiary/aromatic N) is 1. The van der Waals surface area contributed by atoms with E-state index in [0.29, 0.717) is 13.1 Å². The Hall–Kier alpha value is -1.53. The molecule has 5 nitrogen and oxygen atoms in total. The first-order valence-corrected chi connectivity index (χ1v) is 9.26. The first-order chi connectivity index (χ1) is 11.1. The topological polar surface area (TPSA) is 61.4 Å². The summed E-state index contributed by atoms with van der Waals surface area (Å²) >= 11 is 1.75. The zero-order valence-corrected chi connectivity index (χ0v) is 14.2. The number of carbonyl (C=O) groups is 2. The largest absolute Gasteiger partial charge is 0.352 e. The SMILES string of the molecule is Cc1cccc(C(=O)N2CCC(NC(=O)C3CSCN3)CC2)c1. The van der Waals surface area contributed by atoms with Gasteiger partial charge in [-0.2, -0.15) is 0 Å². The number of rotatable bonds is 3. The highest BCUT2D eigenvalue weighted by atomic mass is 32.2. The molecule has 124 valence electrons. The Morgan fingerprint density at radius 3 is 2.74 bits per heavy atom. The van der Waals surface area contributed by atoms with E-state index < -0.39 is 0 Å². The maximum Gasteiger partial charge on any atom is 0.253 e. The summed E-state index contributed by atoms with van der Waals surface area (Å²) in [6.45, 7) is 3.39. The van der Waals surface area contributed by atoms with E-state index in [1.54, 1.807) is 11.8 Å². The smallest absolute Gasteiger partial charge is 0.253 e. The molecule has 0 saturated carbocycles. The molecule has 2 aliphatic heterocycles. The molecule has 2 fully saturated rings. The second kappa shape index (κ2) is 7.36. The van der Waals surface area contributed by atoms with Gasteiger partial charge < -0.3 is 10.2 Å². The first-order valence-electron chi connectivity index (χ1n) is 8.11. The van der Waals surface area contributed by atoms with Crippen molar-refractivity contribution in [2.24, 2.45) is 0 Å². The minimum atomic E-state index is -0.0630. The van der Waals surface area contributed by atoms with E-state index in [1.807, 2.05) is 36.1 Å². The molecule has 6 heteroatoms. The highest BCUT2D eigenvalue weighted by molar-refractivity contribution is 7.99. The summed E-state index contributed by atoms with van der Waals surface area (Å²) in [7, 11) is 0. The summed E-state index contributed by atoms with van der Waals surface area (Å²) in [6, 6.07) is 7.82. The van der Waals surface area contributed by atoms with Gasteiger partial charge in [0.2, 0.25) is 5.91 Å². The van der Waals surface area contributed by atoms with Crippen molar-refractivity contribution in [2.45, 2.75) is 31.8 Å². The molecule has 0 bridgehead atoms. The maximum atomic E-state index is 12.5. The number of amides is 2. The van der Waals surface area contributed by atoms with Crippen molar-refractivity contribution < 1.29 is 9.59 Å². The third kappa shape index (κ3) is 4.06. The predicted molar refractivity (Wildman–Crippen MR) is 92.5 cm³/mol. The number of aryl methyl sites for hydroxylation is 1. The van der Waals surface area contributed by atoms with Crippen LogP contribution < -0.4 is 10.6 Å². The molecule has 3 rings (SSSR count). The van der Waals surface area contributed by atoms with Crippen molar-refractivity contribution in [3.63, 3.8) is 0 Å². The summed E-state index contributed by atoms with van der Waals surface area (Å²) < 4.78 is 0. The number of piperidine rings is 1. The van der Waals surface area contributed by atoms with Gasteiger partial charge in [-0.15, -0.1) is 11.8 Å². The van der Waals surface area contributed by atoms with E-state index in [0.717, 1.165) is 35.6 Å². The van der Waals surface area contributed by atoms with Gasteiger partial charge in [-0.25, -0.2) is 0 Å². The van der Waals surface area contributed by atoms with Gasteiger partial charge in [-0.3, -0.25) is 14.9 Å². The Labute approximate surface area is 141 Å². The fourth-order valence-electron chi connectivity index (χ4n) is 3.05. The minimum Gasteiger partial charge on any atom is -0.352 e. The highest BCUT2D eigenvalue weighted by Gasteiger charge is 2.28. The lowest BCUT2D eigenvalue weighted by Gasteiger charge is -2.33. The van der Waals surface area contributed by atoms with Gasteiger partial charge in [0.05, 0.1) is 6.04 Å². The Balaban J connectivity index is 1.50. The van der Waals surface area contributed by atoms with Gasteiger partial charge >= 0.3 is 0 Å². The zero-order valence-electron chi connectivity index (χ0n) is 13.4. The van der Waals surface area contributed by atoms with Crippen LogP contribution in [0, 0.1) is 6.92 Å². The van der Waals surface area contributed by atoms with Gasteiger partial charge in [-0.05, 0) is 31.9 Å². The highest BCUT2D eigenvalue weighted by Crippen LogP contribution is 2.16. The van der Waals surface area contributed by atoms with Crippen molar-refractivity contribution in [1.29, 1.82) is 0 Å². The van der Waals surface area contributed by atoms with Crippen LogP contribution in [0.1, 0.15) is 28.8 Å². The molecule has 2 N–H and O–H groups in total. The molecule has 0 radical (unpaired) electrons. The van der Waals surface area contributed by atoms with E-state index >= 15 is 0 Å². The number of hydrogen-bond acceptors (Lipinski definition) is 4. The number of carbonyl (C=O) groups excluding carboxylic acids is 2. The normalized spacial score (nSPS) is 22.1. The molecule has 2 aliphatic rings. The molecule has 1 atom stereocenters. The van der Waals surface area contributed by atoms with Crippen LogP contribution in [-0.2, 0) is 4.79 Å². The molecule has 1 aromatic rings. The van der Waals surface area contributed by atoms with Crippen LogP contribution in [0.3, 0.4) is 0 Å². The fraction of sp³-hybridized carbons (Fsp3) is 0.529. The van der Waals surface area contributed by atoms with Gasteiger partial charge in [0.1, 0.15) is 0 Å². The second-order valence-corrected chi connectivity index (χ2v) is 7.25. The maximum absolute atomic E-state index is 12.5. The standard InChI is InChI=1S/C17H23N3O2S/c1-12-3-2-4-13(9-12)17(22)20-7-5-14(6-8-20)19-16(21)15-10-23-11-18-15/h2-4,9,14-15,18H,5-8,10-11H2,1H3,(H,19,21). The molecule has 0 aromatic heterocycles. The average Bonchev–Trinajstić information content (AvgIpc) is 3.09. The summed E-state index contributed by atoms with van der Waals surface area (Å²) in [4.78, 5) is 26.5. The minimum absolute atomic E-state index is 0.0630. The average molecular weight is 333 g/mol. The summed E-state index contributed by atoms with van der Waals surface area (Å²) in [6.07, 6.45) is 1.65. The van der Waals surface area contributed by atoms with Gasteiger partial charge in [0.25, 0.3) is 5.91 Å². The van der Waals surface area contributed by atoms with Crippen molar-refractivity contribution >= 4 is 23.6 Å². The van der Waals surface area contributed by atoms with Gasteiger partial charge in [0.15, 0.2) is 0 Å².